The zero-order chi connectivity index (χ0) is 12.1. The minimum Gasteiger partial charge on any atom is -0.469 e. The smallest absolute Gasteiger partial charge is 0.307 e. The van der Waals surface area contributed by atoms with E-state index in [0.717, 1.165) is 0 Å². The quantitative estimate of drug-likeness (QED) is 0.759. The van der Waals surface area contributed by atoms with Crippen molar-refractivity contribution in [2.24, 2.45) is 0 Å². The van der Waals surface area contributed by atoms with E-state index in [1.807, 2.05) is 0 Å². The summed E-state index contributed by atoms with van der Waals surface area (Å²) in [6.07, 6.45) is 0.133. The average molecular weight is 226 g/mol. The summed E-state index contributed by atoms with van der Waals surface area (Å²) >= 11 is 0. The van der Waals surface area contributed by atoms with Crippen molar-refractivity contribution in [3.63, 3.8) is 0 Å². The molecule has 1 N–H and O–H groups in total. The fourth-order valence-electron chi connectivity index (χ4n) is 1.20. The molecule has 0 unspecified atom stereocenters. The average Bonchev–Trinajstić information content (AvgIpc) is 2.57. The van der Waals surface area contributed by atoms with Crippen molar-refractivity contribution in [1.29, 1.82) is 0 Å². The summed E-state index contributed by atoms with van der Waals surface area (Å²) < 4.78 is 9.56. The maximum Gasteiger partial charge on any atom is 0.307 e. The summed E-state index contributed by atoms with van der Waals surface area (Å²) in [5.74, 6) is -0.120. The van der Waals surface area contributed by atoms with E-state index in [1.165, 1.54) is 7.11 Å². The number of rotatable bonds is 4. The van der Waals surface area contributed by atoms with Gasteiger partial charge in [0.15, 0.2) is 5.89 Å². The molecule has 1 aromatic heterocycles. The lowest BCUT2D eigenvalue weighted by atomic mass is 10.3. The molecule has 0 atom stereocenters. The minimum atomic E-state index is -0.373. The lowest BCUT2D eigenvalue weighted by Gasteiger charge is -2.02. The number of nitrogens with one attached hydrogen (secondary N) is 1. The molecule has 1 rings (SSSR count). The highest BCUT2D eigenvalue weighted by molar-refractivity contribution is 5.92. The largest absolute Gasteiger partial charge is 0.469 e. The van der Waals surface area contributed by atoms with E-state index in [1.54, 1.807) is 13.8 Å². The number of methoxy groups -OCH3 is 1. The highest BCUT2D eigenvalue weighted by Crippen LogP contribution is 2.08. The second-order valence-corrected chi connectivity index (χ2v) is 3.23. The third-order valence-electron chi connectivity index (χ3n) is 1.95. The molecular weight excluding hydrogens is 212 g/mol. The lowest BCUT2D eigenvalue weighted by Crippen LogP contribution is -2.26. The minimum absolute atomic E-state index is 0.133. The number of oxazole rings is 1. The number of nitrogens with zero attached hydrogens (tertiary/aromatic N) is 1. The van der Waals surface area contributed by atoms with Crippen molar-refractivity contribution in [2.75, 3.05) is 13.7 Å². The summed E-state index contributed by atoms with van der Waals surface area (Å²) in [6.45, 7) is 3.56. The molecule has 0 spiro atoms. The van der Waals surface area contributed by atoms with E-state index in [9.17, 15) is 9.59 Å². The zero-order valence-electron chi connectivity index (χ0n) is 9.49. The van der Waals surface area contributed by atoms with Gasteiger partial charge in [-0.05, 0) is 6.92 Å². The van der Waals surface area contributed by atoms with Gasteiger partial charge < -0.3 is 14.5 Å². The molecule has 1 amide bonds. The van der Waals surface area contributed by atoms with Gasteiger partial charge in [0, 0.05) is 13.5 Å². The summed E-state index contributed by atoms with van der Waals surface area (Å²) in [7, 11) is 1.30. The third-order valence-corrected chi connectivity index (χ3v) is 1.95. The number of amides is 1. The van der Waals surface area contributed by atoms with Crippen molar-refractivity contribution in [1.82, 2.24) is 10.3 Å². The molecule has 16 heavy (non-hydrogen) atoms. The van der Waals surface area contributed by atoms with E-state index in [0.29, 0.717) is 11.6 Å². The molecule has 0 aliphatic heterocycles. The molecule has 0 aliphatic carbocycles. The van der Waals surface area contributed by atoms with Crippen LogP contribution in [-0.4, -0.2) is 30.5 Å². The molecule has 6 nitrogen and oxygen atoms in total. The van der Waals surface area contributed by atoms with Gasteiger partial charge in [0.1, 0.15) is 0 Å². The molecule has 1 aromatic rings. The van der Waals surface area contributed by atoms with Crippen LogP contribution >= 0.6 is 0 Å². The summed E-state index contributed by atoms with van der Waals surface area (Å²) in [4.78, 5) is 26.3. The Morgan fingerprint density at radius 3 is 2.62 bits per heavy atom. The number of hydrogen-bond acceptors (Lipinski definition) is 5. The number of carbonyl (C=O) groups excluding carboxylic acids is 2. The van der Waals surface area contributed by atoms with Crippen LogP contribution in [0.2, 0.25) is 0 Å². The lowest BCUT2D eigenvalue weighted by molar-refractivity contribution is -0.140. The Morgan fingerprint density at radius 2 is 2.12 bits per heavy atom. The Hall–Kier alpha value is -1.85. The van der Waals surface area contributed by atoms with E-state index in [2.05, 4.69) is 15.0 Å². The van der Waals surface area contributed by atoms with Crippen molar-refractivity contribution in [3.8, 4) is 0 Å². The highest BCUT2D eigenvalue weighted by atomic mass is 16.5. The van der Waals surface area contributed by atoms with Crippen molar-refractivity contribution in [3.05, 3.63) is 17.3 Å². The fourth-order valence-corrected chi connectivity index (χ4v) is 1.20. The number of aromatic nitrogens is 1. The first-order valence-electron chi connectivity index (χ1n) is 4.83. The van der Waals surface area contributed by atoms with Crippen LogP contribution in [0.5, 0.6) is 0 Å². The van der Waals surface area contributed by atoms with Crippen LogP contribution in [0.3, 0.4) is 0 Å². The van der Waals surface area contributed by atoms with Crippen LogP contribution in [0.25, 0.3) is 0 Å². The van der Waals surface area contributed by atoms with Crippen LogP contribution in [0.4, 0.5) is 0 Å². The standard InChI is InChI=1S/C10H14N2O4/c1-6-9(16-7(2)12-6)10(14)11-5-4-8(13)15-3/h4-5H2,1-3H3,(H,11,14). The summed E-state index contributed by atoms with van der Waals surface area (Å²) in [5, 5.41) is 2.54. The van der Waals surface area contributed by atoms with E-state index in [4.69, 9.17) is 4.42 Å². The van der Waals surface area contributed by atoms with Crippen LogP contribution < -0.4 is 5.32 Å². The molecule has 6 heteroatoms. The van der Waals surface area contributed by atoms with Crippen molar-refractivity contribution in [2.45, 2.75) is 20.3 Å². The van der Waals surface area contributed by atoms with Crippen LogP contribution in [0.1, 0.15) is 28.6 Å². The van der Waals surface area contributed by atoms with Gasteiger partial charge in [-0.2, -0.15) is 0 Å². The fraction of sp³-hybridized carbons (Fsp3) is 0.500. The highest BCUT2D eigenvalue weighted by Gasteiger charge is 2.15. The van der Waals surface area contributed by atoms with Crippen LogP contribution in [0, 0.1) is 13.8 Å². The van der Waals surface area contributed by atoms with Crippen molar-refractivity contribution < 1.29 is 18.7 Å². The second kappa shape index (κ2) is 5.29. The Bertz CT molecular complexity index is 398. The molecule has 88 valence electrons. The Balaban J connectivity index is 2.47. The predicted octanol–water partition coefficient (Wildman–Crippen LogP) is 0.584. The van der Waals surface area contributed by atoms with Gasteiger partial charge in [0.25, 0.3) is 5.91 Å². The van der Waals surface area contributed by atoms with E-state index in [-0.39, 0.29) is 30.6 Å². The number of hydrogen-bond donors (Lipinski definition) is 1. The van der Waals surface area contributed by atoms with Gasteiger partial charge in [-0.15, -0.1) is 0 Å². The first kappa shape index (κ1) is 12.2. The van der Waals surface area contributed by atoms with Crippen molar-refractivity contribution >= 4 is 11.9 Å². The molecule has 0 radical (unpaired) electrons. The first-order valence-corrected chi connectivity index (χ1v) is 4.83. The van der Waals surface area contributed by atoms with Crippen LogP contribution in [-0.2, 0) is 9.53 Å². The number of esters is 1. The molecule has 0 bridgehead atoms. The second-order valence-electron chi connectivity index (χ2n) is 3.23. The molecule has 0 saturated carbocycles. The SMILES string of the molecule is COC(=O)CCNC(=O)c1oc(C)nc1C. The molecule has 0 fully saturated rings. The molecule has 0 aliphatic rings. The summed E-state index contributed by atoms with van der Waals surface area (Å²) in [5.41, 5.74) is 0.535. The topological polar surface area (TPSA) is 81.4 Å². The number of aryl methyl sites for hydroxylation is 2. The molecular formula is C10H14N2O4. The number of carbonyl (C=O) groups is 2. The third kappa shape index (κ3) is 3.08. The summed E-state index contributed by atoms with van der Waals surface area (Å²) in [6, 6.07) is 0. The number of ether oxygens (including phenoxy) is 1. The monoisotopic (exact) mass is 226 g/mol. The first-order chi connectivity index (χ1) is 7.54. The van der Waals surface area contributed by atoms with Gasteiger partial charge in [0.2, 0.25) is 5.76 Å². The molecule has 0 saturated heterocycles. The van der Waals surface area contributed by atoms with Gasteiger partial charge in [-0.1, -0.05) is 0 Å². The Kier molecular flexibility index (Phi) is 4.04. The van der Waals surface area contributed by atoms with Gasteiger partial charge in [-0.3, -0.25) is 9.59 Å². The van der Waals surface area contributed by atoms with E-state index < -0.39 is 0 Å². The van der Waals surface area contributed by atoms with Gasteiger partial charge in [0.05, 0.1) is 19.2 Å². The maximum atomic E-state index is 11.6. The van der Waals surface area contributed by atoms with Gasteiger partial charge >= 0.3 is 5.97 Å². The predicted molar refractivity (Wildman–Crippen MR) is 54.9 cm³/mol. The molecule has 1 heterocycles. The van der Waals surface area contributed by atoms with E-state index >= 15 is 0 Å². The van der Waals surface area contributed by atoms with Gasteiger partial charge in [-0.25, -0.2) is 4.98 Å². The molecule has 0 aromatic carbocycles. The normalized spacial score (nSPS) is 9.94. The Morgan fingerprint density at radius 1 is 1.44 bits per heavy atom. The zero-order valence-corrected chi connectivity index (χ0v) is 9.49. The van der Waals surface area contributed by atoms with Crippen LogP contribution in [0.15, 0.2) is 4.42 Å². The maximum absolute atomic E-state index is 11.6. The Labute approximate surface area is 93.0 Å².